The number of para-hydroxylation sites is 2. The molecule has 7 nitrogen and oxygen atoms in total. The molecule has 2 aliphatic heterocycles. The number of aryl methyl sites for hydroxylation is 1. The van der Waals surface area contributed by atoms with Crippen LogP contribution in [0, 0.1) is 6.92 Å². The van der Waals surface area contributed by atoms with Crippen LogP contribution in [0.2, 0.25) is 0 Å². The van der Waals surface area contributed by atoms with E-state index in [0.29, 0.717) is 17.9 Å². The third-order valence-corrected chi connectivity index (χ3v) is 6.01. The van der Waals surface area contributed by atoms with Gasteiger partial charge >= 0.3 is 5.63 Å². The molecule has 1 atom stereocenters. The van der Waals surface area contributed by atoms with E-state index in [9.17, 15) is 9.90 Å². The van der Waals surface area contributed by atoms with Crippen LogP contribution >= 0.6 is 0 Å². The Balaban J connectivity index is 1.52. The highest BCUT2D eigenvalue weighted by molar-refractivity contribution is 6.05. The second-order valence-corrected chi connectivity index (χ2v) is 8.21. The van der Waals surface area contributed by atoms with Gasteiger partial charge in [0.05, 0.1) is 23.1 Å². The maximum atomic E-state index is 12.6. The predicted molar refractivity (Wildman–Crippen MR) is 127 cm³/mol. The first kappa shape index (κ1) is 20.3. The summed E-state index contributed by atoms with van der Waals surface area (Å²) in [6.07, 6.45) is 0.434. The van der Waals surface area contributed by atoms with E-state index in [1.807, 2.05) is 24.3 Å². The number of aromatic hydroxyl groups is 1. The number of rotatable bonds is 3. The molecule has 3 aromatic rings. The van der Waals surface area contributed by atoms with E-state index in [4.69, 9.17) is 9.41 Å². The van der Waals surface area contributed by atoms with Crippen molar-refractivity contribution < 1.29 is 9.52 Å². The number of hydrogen-bond donors (Lipinski definition) is 3. The van der Waals surface area contributed by atoms with Crippen LogP contribution in [-0.4, -0.2) is 37.0 Å². The van der Waals surface area contributed by atoms with E-state index in [1.54, 1.807) is 6.92 Å². The first-order valence-corrected chi connectivity index (χ1v) is 10.9. The molecule has 3 heterocycles. The summed E-state index contributed by atoms with van der Waals surface area (Å²) in [4.78, 5) is 19.7. The van der Waals surface area contributed by atoms with Gasteiger partial charge in [-0.2, -0.15) is 0 Å². The van der Waals surface area contributed by atoms with Gasteiger partial charge in [0.1, 0.15) is 17.1 Å². The highest BCUT2D eigenvalue weighted by atomic mass is 16.4. The van der Waals surface area contributed by atoms with E-state index in [2.05, 4.69) is 39.8 Å². The average Bonchev–Trinajstić information content (AvgIpc) is 2.99. The van der Waals surface area contributed by atoms with Gasteiger partial charge in [0.15, 0.2) is 0 Å². The molecule has 0 unspecified atom stereocenters. The molecule has 0 saturated carbocycles. The van der Waals surface area contributed by atoms with E-state index in [1.165, 1.54) is 11.8 Å². The lowest BCUT2D eigenvalue weighted by molar-refractivity contribution is 0.432. The largest absolute Gasteiger partial charge is 0.507 e. The third kappa shape index (κ3) is 3.99. The van der Waals surface area contributed by atoms with Gasteiger partial charge in [0.25, 0.3) is 0 Å². The molecule has 5 rings (SSSR count). The summed E-state index contributed by atoms with van der Waals surface area (Å²) in [6, 6.07) is 17.6. The minimum atomic E-state index is -0.576. The van der Waals surface area contributed by atoms with Crippen molar-refractivity contribution in [3.63, 3.8) is 0 Å². The van der Waals surface area contributed by atoms with Gasteiger partial charge in [0, 0.05) is 44.4 Å². The molecule has 0 radical (unpaired) electrons. The molecule has 1 aromatic heterocycles. The number of hydrogen-bond acceptors (Lipinski definition) is 7. The molecule has 0 bridgehead atoms. The number of anilines is 2. The van der Waals surface area contributed by atoms with Gasteiger partial charge in [-0.1, -0.05) is 24.3 Å². The van der Waals surface area contributed by atoms with Crippen molar-refractivity contribution in [3.8, 4) is 5.75 Å². The van der Waals surface area contributed by atoms with Crippen LogP contribution in [0.15, 0.2) is 68.8 Å². The van der Waals surface area contributed by atoms with Gasteiger partial charge in [0.2, 0.25) is 0 Å². The molecule has 0 aliphatic carbocycles. The molecule has 2 aliphatic rings. The molecule has 0 amide bonds. The zero-order valence-corrected chi connectivity index (χ0v) is 18.0. The monoisotopic (exact) mass is 430 g/mol. The van der Waals surface area contributed by atoms with Crippen LogP contribution in [0.25, 0.3) is 0 Å². The summed E-state index contributed by atoms with van der Waals surface area (Å²) in [6.45, 7) is 5.61. The van der Waals surface area contributed by atoms with Gasteiger partial charge in [-0.3, -0.25) is 4.99 Å². The zero-order chi connectivity index (χ0) is 22.1. The smallest absolute Gasteiger partial charge is 0.348 e. The second-order valence-electron chi connectivity index (χ2n) is 8.21. The van der Waals surface area contributed by atoms with Crippen LogP contribution in [0.1, 0.15) is 29.3 Å². The zero-order valence-electron chi connectivity index (χ0n) is 18.0. The van der Waals surface area contributed by atoms with Crippen molar-refractivity contribution in [3.05, 3.63) is 81.9 Å². The van der Waals surface area contributed by atoms with Gasteiger partial charge in [-0.25, -0.2) is 4.79 Å². The summed E-state index contributed by atoms with van der Waals surface area (Å²) in [5.41, 5.74) is 3.95. The topological polar surface area (TPSA) is 90.1 Å². The Kier molecular flexibility index (Phi) is 5.41. The number of nitrogens with zero attached hydrogens (tertiary/aromatic N) is 2. The second kappa shape index (κ2) is 8.51. The molecule has 1 saturated heterocycles. The maximum absolute atomic E-state index is 12.6. The van der Waals surface area contributed by atoms with Crippen LogP contribution in [0.5, 0.6) is 5.75 Å². The molecule has 0 spiro atoms. The summed E-state index contributed by atoms with van der Waals surface area (Å²) in [5.74, 6) is 0.258. The Hall–Kier alpha value is -3.58. The summed E-state index contributed by atoms with van der Waals surface area (Å²) < 4.78 is 5.27. The first-order chi connectivity index (χ1) is 15.6. The Morgan fingerprint density at radius 3 is 2.59 bits per heavy atom. The predicted octanol–water partition coefficient (Wildman–Crippen LogP) is 3.74. The van der Waals surface area contributed by atoms with Crippen molar-refractivity contribution in [2.45, 2.75) is 19.4 Å². The number of piperazine rings is 1. The third-order valence-electron chi connectivity index (χ3n) is 6.01. The van der Waals surface area contributed by atoms with Crippen molar-refractivity contribution in [2.24, 2.45) is 4.99 Å². The number of nitrogens with one attached hydrogen (secondary N) is 2. The van der Waals surface area contributed by atoms with Gasteiger partial charge in [-0.15, -0.1) is 0 Å². The summed E-state index contributed by atoms with van der Waals surface area (Å²) >= 11 is 0. The fourth-order valence-electron chi connectivity index (χ4n) is 4.38. The highest BCUT2D eigenvalue weighted by Gasteiger charge is 2.25. The normalized spacial score (nSPS) is 18.3. The number of fused-ring (bicyclic) bond motifs is 1. The SMILES string of the molecule is Cc1cc(O)c(C2=Nc3ccccc3N[C@H](c3ccc(N4CCNCC4)cc3)C2)c(=O)o1. The van der Waals surface area contributed by atoms with Crippen LogP contribution < -0.4 is 21.2 Å². The Bertz CT molecular complexity index is 1210. The van der Waals surface area contributed by atoms with Crippen LogP contribution in [-0.2, 0) is 0 Å². The molecule has 3 N–H and O–H groups in total. The van der Waals surface area contributed by atoms with Crippen molar-refractivity contribution in [1.29, 1.82) is 0 Å². The Labute approximate surface area is 186 Å². The lowest BCUT2D eigenvalue weighted by Gasteiger charge is -2.30. The van der Waals surface area contributed by atoms with E-state index in [0.717, 1.165) is 43.1 Å². The van der Waals surface area contributed by atoms with Crippen LogP contribution in [0.4, 0.5) is 17.1 Å². The summed E-state index contributed by atoms with van der Waals surface area (Å²) in [7, 11) is 0. The Morgan fingerprint density at radius 1 is 1.09 bits per heavy atom. The number of aliphatic imine (C=N–C) groups is 1. The molecule has 7 heteroatoms. The molecular formula is C25H26N4O3. The quantitative estimate of drug-likeness (QED) is 0.587. The first-order valence-electron chi connectivity index (χ1n) is 10.9. The minimum absolute atomic E-state index is 0.107. The van der Waals surface area contributed by atoms with Crippen molar-refractivity contribution in [2.75, 3.05) is 36.4 Å². The van der Waals surface area contributed by atoms with E-state index < -0.39 is 5.63 Å². The molecule has 32 heavy (non-hydrogen) atoms. The minimum Gasteiger partial charge on any atom is -0.507 e. The average molecular weight is 431 g/mol. The standard InChI is InChI=1S/C25H26N4O3/c1-16-14-23(30)24(25(31)32-16)22-15-21(27-19-4-2-3-5-20(19)28-22)17-6-8-18(9-7-17)29-12-10-26-11-13-29/h2-9,14,21,26-27,30H,10-13,15H2,1H3/t21-/m0/s1. The molecule has 1 fully saturated rings. The number of benzene rings is 2. The van der Waals surface area contributed by atoms with Crippen molar-refractivity contribution >= 4 is 22.8 Å². The Morgan fingerprint density at radius 2 is 1.84 bits per heavy atom. The fraction of sp³-hybridized carbons (Fsp3) is 0.280. The van der Waals surface area contributed by atoms with Gasteiger partial charge in [-0.05, 0) is 36.8 Å². The van der Waals surface area contributed by atoms with E-state index >= 15 is 0 Å². The van der Waals surface area contributed by atoms with Crippen LogP contribution in [0.3, 0.4) is 0 Å². The lowest BCUT2D eigenvalue weighted by atomic mass is 9.97. The summed E-state index contributed by atoms with van der Waals surface area (Å²) in [5, 5.41) is 17.5. The fourth-order valence-corrected chi connectivity index (χ4v) is 4.38. The maximum Gasteiger partial charge on any atom is 0.348 e. The lowest BCUT2D eigenvalue weighted by Crippen LogP contribution is -2.43. The molecular weight excluding hydrogens is 404 g/mol. The van der Waals surface area contributed by atoms with Crippen molar-refractivity contribution in [1.82, 2.24) is 5.32 Å². The molecule has 164 valence electrons. The van der Waals surface area contributed by atoms with Gasteiger partial charge < -0.3 is 25.1 Å². The van der Waals surface area contributed by atoms with E-state index in [-0.39, 0.29) is 17.4 Å². The highest BCUT2D eigenvalue weighted by Crippen LogP contribution is 2.36. The molecule has 2 aromatic carbocycles.